The first-order valence-corrected chi connectivity index (χ1v) is 11.8. The highest BCUT2D eigenvalue weighted by atomic mass is 32.2. The van der Waals surface area contributed by atoms with E-state index < -0.39 is 10.0 Å². The molecule has 3 aromatic rings. The van der Waals surface area contributed by atoms with Gasteiger partial charge in [-0.2, -0.15) is 0 Å². The summed E-state index contributed by atoms with van der Waals surface area (Å²) in [6, 6.07) is 25.1. The Morgan fingerprint density at radius 1 is 0.903 bits per heavy atom. The molecule has 0 spiro atoms. The zero-order chi connectivity index (χ0) is 22.0. The van der Waals surface area contributed by atoms with Crippen molar-refractivity contribution in [2.75, 3.05) is 0 Å². The second-order valence-electron chi connectivity index (χ2n) is 7.78. The van der Waals surface area contributed by atoms with Crippen LogP contribution in [-0.4, -0.2) is 18.5 Å². The van der Waals surface area contributed by atoms with Crippen molar-refractivity contribution in [2.45, 2.75) is 31.2 Å². The summed E-state index contributed by atoms with van der Waals surface area (Å²) in [7, 11) is -3.82. The maximum Gasteiger partial charge on any atom is 0.264 e. The van der Waals surface area contributed by atoms with Crippen LogP contribution in [0.1, 0.15) is 40.9 Å². The molecule has 2 atom stereocenters. The summed E-state index contributed by atoms with van der Waals surface area (Å²) in [4.78, 5) is 13.1. The second kappa shape index (κ2) is 8.52. The number of aryl methyl sites for hydroxylation is 1. The average molecular weight is 432 g/mol. The molecule has 4 rings (SSSR count). The molecule has 1 fully saturated rings. The van der Waals surface area contributed by atoms with Gasteiger partial charge in [0.05, 0.1) is 10.9 Å². The summed E-state index contributed by atoms with van der Waals surface area (Å²) in [6.07, 6.45) is 2.22. The van der Waals surface area contributed by atoms with Gasteiger partial charge in [-0.1, -0.05) is 85.3 Å². The van der Waals surface area contributed by atoms with Crippen molar-refractivity contribution < 1.29 is 13.2 Å². The Hall–Kier alpha value is -3.18. The number of sulfonamides is 1. The Morgan fingerprint density at radius 3 is 2.06 bits per heavy atom. The first-order valence-electron chi connectivity index (χ1n) is 10.4. The highest BCUT2D eigenvalue weighted by molar-refractivity contribution is 7.89. The van der Waals surface area contributed by atoms with Crippen LogP contribution in [0.2, 0.25) is 0 Å². The van der Waals surface area contributed by atoms with Crippen LogP contribution in [0.15, 0.2) is 102 Å². The van der Waals surface area contributed by atoms with E-state index in [1.165, 1.54) is 10.4 Å². The summed E-state index contributed by atoms with van der Waals surface area (Å²) >= 11 is 0. The summed E-state index contributed by atoms with van der Waals surface area (Å²) in [6.45, 7) is 3.95. The molecular formula is C26H25NO3S. The van der Waals surface area contributed by atoms with Gasteiger partial charge in [-0.25, -0.2) is 8.42 Å². The van der Waals surface area contributed by atoms with Crippen LogP contribution in [0, 0.1) is 12.8 Å². The Bertz CT molecular complexity index is 1200. The van der Waals surface area contributed by atoms with Crippen molar-refractivity contribution in [1.82, 2.24) is 4.31 Å². The summed E-state index contributed by atoms with van der Waals surface area (Å²) in [5.74, 6) is -0.250. The lowest BCUT2D eigenvalue weighted by atomic mass is 9.80. The van der Waals surface area contributed by atoms with Gasteiger partial charge < -0.3 is 0 Å². The van der Waals surface area contributed by atoms with Gasteiger partial charge >= 0.3 is 0 Å². The van der Waals surface area contributed by atoms with E-state index in [4.69, 9.17) is 0 Å². The number of hydrogen-bond donors (Lipinski definition) is 0. The summed E-state index contributed by atoms with van der Waals surface area (Å²) in [5.41, 5.74) is 3.00. The first-order chi connectivity index (χ1) is 14.9. The van der Waals surface area contributed by atoms with Gasteiger partial charge in [0.2, 0.25) is 0 Å². The van der Waals surface area contributed by atoms with Crippen LogP contribution < -0.4 is 0 Å². The number of hydrogen-bond acceptors (Lipinski definition) is 3. The first kappa shape index (κ1) is 21.1. The molecule has 0 bridgehead atoms. The molecule has 1 heterocycles. The molecule has 4 nitrogen and oxygen atoms in total. The molecule has 0 saturated carbocycles. The number of ketones is 1. The molecule has 0 amide bonds. The molecule has 1 saturated heterocycles. The maximum atomic E-state index is 13.7. The molecule has 0 radical (unpaired) electrons. The molecule has 5 heteroatoms. The van der Waals surface area contributed by atoms with E-state index in [0.29, 0.717) is 11.3 Å². The SMILES string of the molecule is CC[C@H]1/C(=C\C(=O)c2ccccc2)N(S(=O)(=O)c2ccc(C)cc2)[C@@H]1c1ccccc1. The molecule has 31 heavy (non-hydrogen) atoms. The topological polar surface area (TPSA) is 54.5 Å². The number of rotatable bonds is 6. The highest BCUT2D eigenvalue weighted by Gasteiger charge is 2.50. The zero-order valence-corrected chi connectivity index (χ0v) is 18.4. The fraction of sp³-hybridized carbons (Fsp3) is 0.192. The normalized spacial score (nSPS) is 19.8. The third-order valence-electron chi connectivity index (χ3n) is 5.76. The number of nitrogens with zero attached hydrogens (tertiary/aromatic N) is 1. The van der Waals surface area contributed by atoms with Gasteiger partial charge in [-0.15, -0.1) is 0 Å². The van der Waals surface area contributed by atoms with E-state index in [0.717, 1.165) is 17.5 Å². The minimum absolute atomic E-state index is 0.0599. The van der Waals surface area contributed by atoms with Gasteiger partial charge in [-0.3, -0.25) is 9.10 Å². The maximum absolute atomic E-state index is 13.7. The number of allylic oxidation sites excluding steroid dienone is 1. The standard InChI is InChI=1S/C26H25NO3S/c1-3-23-24(18-25(28)20-10-6-4-7-11-20)27(26(23)21-12-8-5-9-13-21)31(29,30)22-16-14-19(2)15-17-22/h4-18,23,26H,3H2,1-2H3/b24-18+/t23-,26+/m0/s1. The van der Waals surface area contributed by atoms with Crippen molar-refractivity contribution in [2.24, 2.45) is 5.92 Å². The molecule has 0 aliphatic carbocycles. The fourth-order valence-corrected chi connectivity index (χ4v) is 5.86. The lowest BCUT2D eigenvalue weighted by Crippen LogP contribution is -2.50. The number of carbonyl (C=O) groups is 1. The van der Waals surface area contributed by atoms with E-state index in [9.17, 15) is 13.2 Å². The largest absolute Gasteiger partial charge is 0.289 e. The quantitative estimate of drug-likeness (QED) is 0.381. The van der Waals surface area contributed by atoms with Gasteiger partial charge in [0.25, 0.3) is 10.0 Å². The van der Waals surface area contributed by atoms with E-state index in [1.54, 1.807) is 48.5 Å². The van der Waals surface area contributed by atoms with E-state index >= 15 is 0 Å². The Labute approximate surface area is 183 Å². The second-order valence-corrected chi connectivity index (χ2v) is 9.60. The van der Waals surface area contributed by atoms with Gasteiger partial charge in [0.15, 0.2) is 5.78 Å². The monoisotopic (exact) mass is 431 g/mol. The third-order valence-corrected chi connectivity index (χ3v) is 7.59. The van der Waals surface area contributed by atoms with Crippen LogP contribution in [0.4, 0.5) is 0 Å². The molecule has 1 aliphatic rings. The van der Waals surface area contributed by atoms with E-state index in [2.05, 4.69) is 0 Å². The van der Waals surface area contributed by atoms with Gasteiger partial charge in [0, 0.05) is 23.3 Å². The molecule has 0 aromatic heterocycles. The Balaban J connectivity index is 1.82. The fourth-order valence-electron chi connectivity index (χ4n) is 4.12. The third kappa shape index (κ3) is 3.93. The minimum atomic E-state index is -3.82. The smallest absolute Gasteiger partial charge is 0.264 e. The Kier molecular flexibility index (Phi) is 5.79. The van der Waals surface area contributed by atoms with Crippen molar-refractivity contribution in [1.29, 1.82) is 0 Å². The molecule has 0 N–H and O–H groups in total. The van der Waals surface area contributed by atoms with Crippen LogP contribution in [-0.2, 0) is 10.0 Å². The van der Waals surface area contributed by atoms with Crippen molar-refractivity contribution in [3.8, 4) is 0 Å². The van der Waals surface area contributed by atoms with Crippen molar-refractivity contribution in [3.05, 3.63) is 113 Å². The minimum Gasteiger partial charge on any atom is -0.289 e. The van der Waals surface area contributed by atoms with Crippen molar-refractivity contribution in [3.63, 3.8) is 0 Å². The van der Waals surface area contributed by atoms with E-state index in [1.807, 2.05) is 50.2 Å². The van der Waals surface area contributed by atoms with E-state index in [-0.39, 0.29) is 22.6 Å². The molecule has 1 aliphatic heterocycles. The zero-order valence-electron chi connectivity index (χ0n) is 17.6. The molecule has 0 unspecified atom stereocenters. The van der Waals surface area contributed by atoms with Crippen LogP contribution in [0.3, 0.4) is 0 Å². The van der Waals surface area contributed by atoms with Crippen LogP contribution >= 0.6 is 0 Å². The van der Waals surface area contributed by atoms with Crippen LogP contribution in [0.25, 0.3) is 0 Å². The lowest BCUT2D eigenvalue weighted by Gasteiger charge is -2.50. The molecule has 158 valence electrons. The summed E-state index contributed by atoms with van der Waals surface area (Å²) in [5, 5.41) is 0. The predicted molar refractivity (Wildman–Crippen MR) is 122 cm³/mol. The predicted octanol–water partition coefficient (Wildman–Crippen LogP) is 5.53. The average Bonchev–Trinajstić information content (AvgIpc) is 2.78. The summed E-state index contributed by atoms with van der Waals surface area (Å²) < 4.78 is 28.8. The molecule has 3 aromatic carbocycles. The van der Waals surface area contributed by atoms with Gasteiger partial charge in [-0.05, 0) is 31.0 Å². The lowest BCUT2D eigenvalue weighted by molar-refractivity contribution is 0.103. The van der Waals surface area contributed by atoms with Crippen LogP contribution in [0.5, 0.6) is 0 Å². The number of carbonyl (C=O) groups excluding carboxylic acids is 1. The van der Waals surface area contributed by atoms with Gasteiger partial charge in [0.1, 0.15) is 0 Å². The van der Waals surface area contributed by atoms with Crippen molar-refractivity contribution >= 4 is 15.8 Å². The number of benzene rings is 3. The molecular weight excluding hydrogens is 406 g/mol. The Morgan fingerprint density at radius 2 is 1.48 bits per heavy atom. The highest BCUT2D eigenvalue weighted by Crippen LogP contribution is 2.52.